The molecule has 2 aromatic heterocycles. The molecule has 6 heteroatoms. The fraction of sp³-hybridized carbons (Fsp3) is 0.385. The normalized spacial score (nSPS) is 11.1. The smallest absolute Gasteiger partial charge is 0.138 e. The Kier molecular flexibility index (Phi) is 4.66. The molecule has 0 N–H and O–H groups in total. The molecule has 0 aliphatic rings. The highest BCUT2D eigenvalue weighted by Crippen LogP contribution is 2.31. The summed E-state index contributed by atoms with van der Waals surface area (Å²) < 4.78 is 0.799. The number of hydrogen-bond donors (Lipinski definition) is 0. The van der Waals surface area contributed by atoms with E-state index in [1.807, 2.05) is 19.2 Å². The minimum absolute atomic E-state index is 0.276. The molecule has 0 spiro atoms. The molecule has 2 aromatic rings. The van der Waals surface area contributed by atoms with E-state index in [-0.39, 0.29) is 5.92 Å². The van der Waals surface area contributed by atoms with Crippen LogP contribution in [0.4, 0.5) is 5.82 Å². The zero-order valence-corrected chi connectivity index (χ0v) is 13.4. The van der Waals surface area contributed by atoms with Gasteiger partial charge in [0, 0.05) is 17.5 Å². The van der Waals surface area contributed by atoms with Gasteiger partial charge in [-0.15, -0.1) is 11.3 Å². The Labute approximate surface area is 127 Å². The van der Waals surface area contributed by atoms with Crippen LogP contribution >= 0.6 is 34.5 Å². The predicted octanol–water partition coefficient (Wildman–Crippen LogP) is 4.60. The quantitative estimate of drug-likeness (QED) is 0.772. The molecule has 19 heavy (non-hydrogen) atoms. The van der Waals surface area contributed by atoms with Crippen LogP contribution < -0.4 is 4.90 Å². The molecule has 0 aromatic carbocycles. The van der Waals surface area contributed by atoms with E-state index in [9.17, 15) is 0 Å². The van der Waals surface area contributed by atoms with Crippen LogP contribution in [0.1, 0.15) is 30.2 Å². The van der Waals surface area contributed by atoms with Crippen molar-refractivity contribution in [2.75, 3.05) is 11.9 Å². The van der Waals surface area contributed by atoms with E-state index in [2.05, 4.69) is 28.7 Å². The second kappa shape index (κ2) is 6.07. The van der Waals surface area contributed by atoms with Gasteiger partial charge in [0.15, 0.2) is 0 Å². The largest absolute Gasteiger partial charge is 0.354 e. The van der Waals surface area contributed by atoms with E-state index in [4.69, 9.17) is 23.2 Å². The van der Waals surface area contributed by atoms with Crippen LogP contribution in [0.15, 0.2) is 18.5 Å². The summed E-state index contributed by atoms with van der Waals surface area (Å²) in [5.74, 6) is 1.15. The van der Waals surface area contributed by atoms with Crippen molar-refractivity contribution in [2.45, 2.75) is 26.3 Å². The lowest BCUT2D eigenvalue weighted by molar-refractivity contribution is 0.811. The lowest BCUT2D eigenvalue weighted by atomic mass is 10.1. The van der Waals surface area contributed by atoms with Crippen LogP contribution in [0.3, 0.4) is 0 Å². The van der Waals surface area contributed by atoms with E-state index >= 15 is 0 Å². The zero-order valence-electron chi connectivity index (χ0n) is 11.0. The monoisotopic (exact) mass is 315 g/mol. The number of anilines is 1. The average Bonchev–Trinajstić information content (AvgIpc) is 2.73. The van der Waals surface area contributed by atoms with Crippen molar-refractivity contribution in [2.24, 2.45) is 0 Å². The number of thiophene rings is 1. The minimum Gasteiger partial charge on any atom is -0.354 e. The lowest BCUT2D eigenvalue weighted by Crippen LogP contribution is -2.19. The molecule has 102 valence electrons. The maximum absolute atomic E-state index is 6.18. The van der Waals surface area contributed by atoms with E-state index in [0.717, 1.165) is 22.3 Å². The second-order valence-corrected chi connectivity index (χ2v) is 6.78. The van der Waals surface area contributed by atoms with E-state index in [1.54, 1.807) is 11.3 Å². The minimum atomic E-state index is 0.276. The lowest BCUT2D eigenvalue weighted by Gasteiger charge is -2.22. The van der Waals surface area contributed by atoms with Crippen LogP contribution in [0.5, 0.6) is 0 Å². The number of hydrogen-bond acceptors (Lipinski definition) is 4. The third-order valence-electron chi connectivity index (χ3n) is 2.78. The molecule has 0 atom stereocenters. The molecule has 0 unspecified atom stereocenters. The Hall–Kier alpha value is -0.840. The van der Waals surface area contributed by atoms with Crippen molar-refractivity contribution in [3.05, 3.63) is 38.4 Å². The van der Waals surface area contributed by atoms with Crippen molar-refractivity contribution in [1.82, 2.24) is 9.97 Å². The molecule has 0 aliphatic heterocycles. The maximum atomic E-state index is 6.18. The van der Waals surface area contributed by atoms with Crippen molar-refractivity contribution >= 4 is 40.4 Å². The predicted molar refractivity (Wildman–Crippen MR) is 82.6 cm³/mol. The van der Waals surface area contributed by atoms with Crippen LogP contribution in [0.25, 0.3) is 0 Å². The number of rotatable bonds is 4. The number of halogens is 2. The van der Waals surface area contributed by atoms with Gasteiger partial charge in [-0.2, -0.15) is 0 Å². The molecular weight excluding hydrogens is 301 g/mol. The van der Waals surface area contributed by atoms with Crippen LogP contribution in [0.2, 0.25) is 9.49 Å². The molecule has 0 fully saturated rings. The standard InChI is InChI=1S/C13H15Cl2N3S/c1-8(2)11-12(15)16-7-17-13(11)18(3)6-9-4-5-10(14)19-9/h4-5,7-8H,6H2,1-3H3. The fourth-order valence-electron chi connectivity index (χ4n) is 1.91. The highest BCUT2D eigenvalue weighted by Gasteiger charge is 2.17. The summed E-state index contributed by atoms with van der Waals surface area (Å²) in [6.45, 7) is 4.93. The maximum Gasteiger partial charge on any atom is 0.138 e. The van der Waals surface area contributed by atoms with Gasteiger partial charge in [-0.25, -0.2) is 9.97 Å². The van der Waals surface area contributed by atoms with Gasteiger partial charge >= 0.3 is 0 Å². The summed E-state index contributed by atoms with van der Waals surface area (Å²) in [6, 6.07) is 3.94. The van der Waals surface area contributed by atoms with Gasteiger partial charge in [0.05, 0.1) is 10.9 Å². The van der Waals surface area contributed by atoms with Crippen LogP contribution in [0, 0.1) is 0 Å². The fourth-order valence-corrected chi connectivity index (χ4v) is 3.40. The van der Waals surface area contributed by atoms with Crippen LogP contribution in [-0.2, 0) is 6.54 Å². The van der Waals surface area contributed by atoms with E-state index in [0.29, 0.717) is 5.15 Å². The molecule has 0 aliphatic carbocycles. The molecule has 0 bridgehead atoms. The third kappa shape index (κ3) is 3.38. The Morgan fingerprint density at radius 2 is 2.00 bits per heavy atom. The van der Waals surface area contributed by atoms with Crippen molar-refractivity contribution < 1.29 is 0 Å². The summed E-state index contributed by atoms with van der Waals surface area (Å²) in [4.78, 5) is 11.7. The van der Waals surface area contributed by atoms with Gasteiger partial charge < -0.3 is 4.90 Å². The summed E-state index contributed by atoms with van der Waals surface area (Å²) in [5.41, 5.74) is 0.981. The van der Waals surface area contributed by atoms with Gasteiger partial charge in [-0.1, -0.05) is 37.0 Å². The first-order chi connectivity index (χ1) is 8.99. The van der Waals surface area contributed by atoms with Gasteiger partial charge in [0.1, 0.15) is 17.3 Å². The summed E-state index contributed by atoms with van der Waals surface area (Å²) >= 11 is 13.7. The van der Waals surface area contributed by atoms with Gasteiger partial charge in [0.25, 0.3) is 0 Å². The third-order valence-corrected chi connectivity index (χ3v) is 4.29. The Balaban J connectivity index is 2.28. The van der Waals surface area contributed by atoms with Gasteiger partial charge in [-0.05, 0) is 18.1 Å². The number of nitrogens with zero attached hydrogens (tertiary/aromatic N) is 3. The first-order valence-electron chi connectivity index (χ1n) is 5.94. The van der Waals surface area contributed by atoms with Crippen molar-refractivity contribution in [3.8, 4) is 0 Å². The SMILES string of the molecule is CC(C)c1c(Cl)ncnc1N(C)Cc1ccc(Cl)s1. The summed E-state index contributed by atoms with van der Waals surface area (Å²) in [7, 11) is 2.00. The zero-order chi connectivity index (χ0) is 14.0. The molecule has 2 heterocycles. The van der Waals surface area contributed by atoms with Crippen molar-refractivity contribution in [3.63, 3.8) is 0 Å². The highest BCUT2D eigenvalue weighted by atomic mass is 35.5. The second-order valence-electron chi connectivity index (χ2n) is 4.62. The highest BCUT2D eigenvalue weighted by molar-refractivity contribution is 7.16. The summed E-state index contributed by atoms with van der Waals surface area (Å²) in [6.07, 6.45) is 1.50. The molecule has 2 rings (SSSR count). The first kappa shape index (κ1) is 14.6. The molecular formula is C13H15Cl2N3S. The van der Waals surface area contributed by atoms with E-state index in [1.165, 1.54) is 11.2 Å². The molecule has 0 amide bonds. The number of aromatic nitrogens is 2. The Morgan fingerprint density at radius 1 is 1.26 bits per heavy atom. The van der Waals surface area contributed by atoms with Gasteiger partial charge in [0.2, 0.25) is 0 Å². The molecule has 0 radical (unpaired) electrons. The average molecular weight is 316 g/mol. The molecule has 0 saturated heterocycles. The topological polar surface area (TPSA) is 29.0 Å². The molecule has 3 nitrogen and oxygen atoms in total. The van der Waals surface area contributed by atoms with Crippen molar-refractivity contribution in [1.29, 1.82) is 0 Å². The van der Waals surface area contributed by atoms with E-state index < -0.39 is 0 Å². The summed E-state index contributed by atoms with van der Waals surface area (Å²) in [5, 5.41) is 0.524. The molecule has 0 saturated carbocycles. The Bertz CT molecular complexity index is 569. The first-order valence-corrected chi connectivity index (χ1v) is 7.52. The van der Waals surface area contributed by atoms with Crippen LogP contribution in [-0.4, -0.2) is 17.0 Å². The van der Waals surface area contributed by atoms with Gasteiger partial charge in [-0.3, -0.25) is 0 Å². The Morgan fingerprint density at radius 3 is 2.58 bits per heavy atom.